The first kappa shape index (κ1) is 23.2. The molecule has 0 atom stereocenters. The fourth-order valence-corrected chi connectivity index (χ4v) is 4.41. The highest BCUT2D eigenvalue weighted by Crippen LogP contribution is 2.34. The van der Waals surface area contributed by atoms with Crippen molar-refractivity contribution in [1.82, 2.24) is 15.4 Å². The number of fused-ring (bicyclic) bond motifs is 1. The van der Waals surface area contributed by atoms with Crippen LogP contribution in [0.4, 0.5) is 5.82 Å². The summed E-state index contributed by atoms with van der Waals surface area (Å²) in [6.45, 7) is 3.72. The van der Waals surface area contributed by atoms with Gasteiger partial charge in [-0.1, -0.05) is 24.3 Å². The molecule has 0 radical (unpaired) electrons. The lowest BCUT2D eigenvalue weighted by Crippen LogP contribution is -2.36. The second-order valence-electron chi connectivity index (χ2n) is 7.78. The number of hydrazone groups is 1. The Hall–Kier alpha value is -2.92. The van der Waals surface area contributed by atoms with Crippen LogP contribution in [0.2, 0.25) is 0 Å². The zero-order valence-corrected chi connectivity index (χ0v) is 19.4. The van der Waals surface area contributed by atoms with Crippen molar-refractivity contribution in [2.45, 2.75) is 12.8 Å². The zero-order chi connectivity index (χ0) is 23.0. The van der Waals surface area contributed by atoms with Gasteiger partial charge in [-0.25, -0.2) is 15.4 Å². The minimum absolute atomic E-state index is 0.588. The number of carbonyl (C=O) groups excluding carboxylic acids is 1. The van der Waals surface area contributed by atoms with Gasteiger partial charge in [0.2, 0.25) is 0 Å². The van der Waals surface area contributed by atoms with E-state index in [2.05, 4.69) is 15.5 Å². The van der Waals surface area contributed by atoms with E-state index in [9.17, 15) is 4.79 Å². The Morgan fingerprint density at radius 1 is 1.30 bits per heavy atom. The van der Waals surface area contributed by atoms with E-state index < -0.39 is 0 Å². The molecular formula is C23H28N6O3S. The molecule has 174 valence electrons. The molecule has 0 spiro atoms. The number of ether oxygens (including phenoxy) is 1. The molecule has 1 saturated heterocycles. The first-order valence-electron chi connectivity index (χ1n) is 10.9. The minimum Gasteiger partial charge on any atom is -0.378 e. The van der Waals surface area contributed by atoms with Crippen LogP contribution in [-0.2, 0) is 9.57 Å². The quantitative estimate of drug-likeness (QED) is 0.235. The summed E-state index contributed by atoms with van der Waals surface area (Å²) in [7, 11) is 1.79. The van der Waals surface area contributed by atoms with Gasteiger partial charge in [-0.05, 0) is 24.8 Å². The average molecular weight is 469 g/mol. The molecule has 1 aromatic carbocycles. The number of carbonyl (C=O) groups is 1. The predicted octanol–water partition coefficient (Wildman–Crippen LogP) is 2.85. The molecule has 9 nitrogen and oxygen atoms in total. The van der Waals surface area contributed by atoms with Gasteiger partial charge < -0.3 is 20.3 Å². The monoisotopic (exact) mass is 468 g/mol. The number of rotatable bonds is 7. The van der Waals surface area contributed by atoms with Crippen LogP contribution in [-0.4, -0.2) is 62.4 Å². The first-order chi connectivity index (χ1) is 16.2. The Morgan fingerprint density at radius 3 is 2.79 bits per heavy atom. The van der Waals surface area contributed by atoms with E-state index in [1.807, 2.05) is 30.3 Å². The fraction of sp³-hybridized carbons (Fsp3) is 0.391. The maximum Gasteiger partial charge on any atom is 0.162 e. The van der Waals surface area contributed by atoms with Gasteiger partial charge in [0.15, 0.2) is 17.9 Å². The van der Waals surface area contributed by atoms with Crippen molar-refractivity contribution in [2.24, 2.45) is 16.9 Å². The summed E-state index contributed by atoms with van der Waals surface area (Å²) in [6.07, 6.45) is 5.16. The van der Waals surface area contributed by atoms with Crippen molar-refractivity contribution in [2.75, 3.05) is 44.9 Å². The third kappa shape index (κ3) is 5.91. The van der Waals surface area contributed by atoms with Gasteiger partial charge >= 0.3 is 0 Å². The number of anilines is 1. The van der Waals surface area contributed by atoms with Crippen molar-refractivity contribution in [3.8, 4) is 11.4 Å². The predicted molar refractivity (Wildman–Crippen MR) is 131 cm³/mol. The highest BCUT2D eigenvalue weighted by Gasteiger charge is 2.21. The fourth-order valence-electron chi connectivity index (χ4n) is 3.48. The molecule has 2 aromatic heterocycles. The maximum atomic E-state index is 11.3. The van der Waals surface area contributed by atoms with Crippen LogP contribution < -0.4 is 16.2 Å². The van der Waals surface area contributed by atoms with Crippen molar-refractivity contribution >= 4 is 39.9 Å². The third-order valence-corrected chi connectivity index (χ3v) is 6.42. The standard InChI is InChI=1S/C18H17N5O2S.C5H11NO/c19-20-10-12-3-1-2-4-14(12)17-21-15-9-13(11-24)26-16(15)18(22-17)23-5-7-25-8-6-23;1-6-7-4-5-2-3-5/h1-4,9-11H,5-8,19H2;5-6H,2-4H2,1H3/b20-10-;. The molecule has 3 N–H and O–H groups in total. The topological polar surface area (TPSA) is 115 Å². The normalized spacial score (nSPS) is 16.1. The Bertz CT molecular complexity index is 1110. The van der Waals surface area contributed by atoms with E-state index in [1.165, 1.54) is 24.2 Å². The van der Waals surface area contributed by atoms with E-state index in [4.69, 9.17) is 25.4 Å². The lowest BCUT2D eigenvalue weighted by atomic mass is 10.1. The van der Waals surface area contributed by atoms with Crippen LogP contribution >= 0.6 is 11.3 Å². The number of benzene rings is 1. The molecule has 5 rings (SSSR count). The summed E-state index contributed by atoms with van der Waals surface area (Å²) in [5.74, 6) is 7.63. The molecule has 33 heavy (non-hydrogen) atoms. The van der Waals surface area contributed by atoms with Crippen LogP contribution in [0.3, 0.4) is 0 Å². The van der Waals surface area contributed by atoms with Gasteiger partial charge in [0, 0.05) is 31.3 Å². The van der Waals surface area contributed by atoms with Crippen molar-refractivity contribution in [3.05, 3.63) is 40.8 Å². The number of aromatic nitrogens is 2. The van der Waals surface area contributed by atoms with E-state index in [-0.39, 0.29) is 0 Å². The van der Waals surface area contributed by atoms with Crippen molar-refractivity contribution in [1.29, 1.82) is 0 Å². The summed E-state index contributed by atoms with van der Waals surface area (Å²) >= 11 is 1.41. The van der Waals surface area contributed by atoms with Crippen molar-refractivity contribution < 1.29 is 14.4 Å². The van der Waals surface area contributed by atoms with E-state index in [0.717, 1.165) is 59.1 Å². The van der Waals surface area contributed by atoms with E-state index >= 15 is 0 Å². The number of nitrogens with two attached hydrogens (primary N) is 1. The number of nitrogens with zero attached hydrogens (tertiary/aromatic N) is 4. The van der Waals surface area contributed by atoms with E-state index in [0.29, 0.717) is 23.9 Å². The molecule has 2 aliphatic rings. The molecule has 0 bridgehead atoms. The van der Waals surface area contributed by atoms with Gasteiger partial charge in [-0.3, -0.25) is 4.79 Å². The molecule has 3 heterocycles. The molecule has 1 saturated carbocycles. The van der Waals surface area contributed by atoms with Crippen LogP contribution in [0.25, 0.3) is 21.6 Å². The lowest BCUT2D eigenvalue weighted by Gasteiger charge is -2.28. The SMILES string of the molecule is CNOCC1CC1.N/N=C\c1ccccc1-c1nc(N2CCOCC2)c2sc(C=O)cc2n1. The number of aldehydes is 1. The lowest BCUT2D eigenvalue weighted by molar-refractivity contribution is 0.0501. The first-order valence-corrected chi connectivity index (χ1v) is 11.8. The van der Waals surface area contributed by atoms with Gasteiger partial charge in [-0.15, -0.1) is 11.3 Å². The number of morpholine rings is 1. The highest BCUT2D eigenvalue weighted by atomic mass is 32.1. The molecular weight excluding hydrogens is 440 g/mol. The number of hydroxylamine groups is 1. The molecule has 2 fully saturated rings. The molecule has 0 amide bonds. The van der Waals surface area contributed by atoms with Crippen LogP contribution in [0, 0.1) is 5.92 Å². The minimum atomic E-state index is 0.588. The molecule has 10 heteroatoms. The number of thiophene rings is 1. The van der Waals surface area contributed by atoms with Crippen LogP contribution in [0.5, 0.6) is 0 Å². The van der Waals surface area contributed by atoms with Gasteiger partial charge in [-0.2, -0.15) is 5.10 Å². The molecule has 0 unspecified atom stereocenters. The third-order valence-electron chi connectivity index (χ3n) is 5.38. The van der Waals surface area contributed by atoms with Crippen LogP contribution in [0.15, 0.2) is 35.4 Å². The Kier molecular flexibility index (Phi) is 7.95. The smallest absolute Gasteiger partial charge is 0.162 e. The molecule has 1 aliphatic heterocycles. The maximum absolute atomic E-state index is 11.3. The van der Waals surface area contributed by atoms with Crippen LogP contribution in [0.1, 0.15) is 28.1 Å². The zero-order valence-electron chi connectivity index (χ0n) is 18.6. The second-order valence-corrected chi connectivity index (χ2v) is 8.86. The summed E-state index contributed by atoms with van der Waals surface area (Å²) in [6, 6.07) is 9.50. The number of hydrogen-bond donors (Lipinski definition) is 2. The Labute approximate surface area is 196 Å². The summed E-state index contributed by atoms with van der Waals surface area (Å²) in [5.41, 5.74) is 5.09. The Balaban J connectivity index is 0.000000318. The summed E-state index contributed by atoms with van der Waals surface area (Å²) in [5, 5.41) is 3.63. The summed E-state index contributed by atoms with van der Waals surface area (Å²) in [4.78, 5) is 28.5. The average Bonchev–Trinajstić information content (AvgIpc) is 3.60. The van der Waals surface area contributed by atoms with Crippen molar-refractivity contribution in [3.63, 3.8) is 0 Å². The van der Waals surface area contributed by atoms with Gasteiger partial charge in [0.25, 0.3) is 0 Å². The van der Waals surface area contributed by atoms with E-state index in [1.54, 1.807) is 13.3 Å². The second kappa shape index (κ2) is 11.3. The highest BCUT2D eigenvalue weighted by molar-refractivity contribution is 7.21. The molecule has 3 aromatic rings. The van der Waals surface area contributed by atoms with Gasteiger partial charge in [0.1, 0.15) is 0 Å². The summed E-state index contributed by atoms with van der Waals surface area (Å²) < 4.78 is 6.38. The molecule has 1 aliphatic carbocycles. The number of hydrogen-bond acceptors (Lipinski definition) is 10. The largest absolute Gasteiger partial charge is 0.378 e. The van der Waals surface area contributed by atoms with Gasteiger partial charge in [0.05, 0.1) is 41.1 Å². The Morgan fingerprint density at radius 2 is 2.09 bits per heavy atom. The number of nitrogens with one attached hydrogen (secondary N) is 1.